The number of hydrogen-bond donors (Lipinski definition) is 1. The van der Waals surface area contributed by atoms with Crippen LogP contribution in [0.3, 0.4) is 0 Å². The van der Waals surface area contributed by atoms with Crippen molar-refractivity contribution in [2.75, 3.05) is 12.3 Å². The van der Waals surface area contributed by atoms with Crippen molar-refractivity contribution in [3.63, 3.8) is 0 Å². The molecule has 0 radical (unpaired) electrons. The van der Waals surface area contributed by atoms with Crippen LogP contribution in [0.1, 0.15) is 23.1 Å². The molecule has 0 saturated heterocycles. The molecule has 1 N–H and O–H groups in total. The van der Waals surface area contributed by atoms with Crippen LogP contribution in [0.15, 0.2) is 47.4 Å². The van der Waals surface area contributed by atoms with E-state index >= 15 is 0 Å². The van der Waals surface area contributed by atoms with Gasteiger partial charge in [0, 0.05) is 23.6 Å². The molecule has 0 aliphatic carbocycles. The Morgan fingerprint density at radius 1 is 1.13 bits per heavy atom. The zero-order chi connectivity index (χ0) is 16.7. The summed E-state index contributed by atoms with van der Waals surface area (Å²) in [5.74, 6) is 0.540. The highest BCUT2D eigenvalue weighted by atomic mass is 32.2. The van der Waals surface area contributed by atoms with E-state index < -0.39 is 0 Å². The van der Waals surface area contributed by atoms with Crippen LogP contribution in [-0.4, -0.2) is 18.2 Å². The second kappa shape index (κ2) is 8.73. The average molecular weight is 331 g/mol. The molecule has 0 spiro atoms. The van der Waals surface area contributed by atoms with Gasteiger partial charge in [-0.2, -0.15) is 0 Å². The molecule has 0 aliphatic rings. The van der Waals surface area contributed by atoms with E-state index in [1.807, 2.05) is 0 Å². The first-order chi connectivity index (χ1) is 11.1. The lowest BCUT2D eigenvalue weighted by atomic mass is 10.1. The Morgan fingerprint density at radius 2 is 1.91 bits per heavy atom. The molecule has 0 aliphatic heterocycles. The minimum absolute atomic E-state index is 0.0117. The van der Waals surface area contributed by atoms with Crippen LogP contribution in [0.5, 0.6) is 0 Å². The third-order valence-corrected chi connectivity index (χ3v) is 4.75. The molecule has 23 heavy (non-hydrogen) atoms. The normalized spacial score (nSPS) is 10.6. The summed E-state index contributed by atoms with van der Waals surface area (Å²) in [7, 11) is 0. The summed E-state index contributed by atoms with van der Waals surface area (Å²) in [6, 6.07) is 13.0. The number of carbonyl (C=O) groups is 1. The van der Waals surface area contributed by atoms with Crippen molar-refractivity contribution in [3.8, 4) is 0 Å². The maximum Gasteiger partial charge on any atom is 0.220 e. The zero-order valence-corrected chi connectivity index (χ0v) is 14.4. The number of thioether (sulfide) groups is 1. The molecule has 122 valence electrons. The fourth-order valence-electron chi connectivity index (χ4n) is 2.19. The molecular formula is C19H22FNOS. The van der Waals surface area contributed by atoms with E-state index in [0.29, 0.717) is 24.9 Å². The van der Waals surface area contributed by atoms with E-state index in [4.69, 9.17) is 0 Å². The van der Waals surface area contributed by atoms with E-state index in [0.717, 1.165) is 5.75 Å². The number of rotatable bonds is 7. The Bertz CT molecular complexity index is 672. The van der Waals surface area contributed by atoms with Gasteiger partial charge in [-0.05, 0) is 55.2 Å². The molecule has 0 saturated carbocycles. The second-order valence-corrected chi connectivity index (χ2v) is 6.70. The Balaban J connectivity index is 1.67. The summed E-state index contributed by atoms with van der Waals surface area (Å²) >= 11 is 1.68. The number of halogens is 1. The molecule has 0 fully saturated rings. The van der Waals surface area contributed by atoms with Crippen LogP contribution in [0.25, 0.3) is 0 Å². The summed E-state index contributed by atoms with van der Waals surface area (Å²) in [6.45, 7) is 4.65. The van der Waals surface area contributed by atoms with Gasteiger partial charge in [0.25, 0.3) is 0 Å². The van der Waals surface area contributed by atoms with Crippen LogP contribution in [0, 0.1) is 19.7 Å². The first-order valence-corrected chi connectivity index (χ1v) is 8.75. The van der Waals surface area contributed by atoms with Gasteiger partial charge in [-0.1, -0.05) is 24.3 Å². The molecule has 0 unspecified atom stereocenters. The van der Waals surface area contributed by atoms with Crippen molar-refractivity contribution >= 4 is 17.7 Å². The van der Waals surface area contributed by atoms with Crippen molar-refractivity contribution in [3.05, 3.63) is 65.0 Å². The van der Waals surface area contributed by atoms with Crippen LogP contribution in [0.2, 0.25) is 0 Å². The van der Waals surface area contributed by atoms with E-state index in [9.17, 15) is 9.18 Å². The van der Waals surface area contributed by atoms with Crippen molar-refractivity contribution in [2.24, 2.45) is 0 Å². The Hall–Kier alpha value is -1.81. The van der Waals surface area contributed by atoms with Crippen LogP contribution in [0.4, 0.5) is 4.39 Å². The van der Waals surface area contributed by atoms with Crippen LogP contribution >= 0.6 is 11.8 Å². The first-order valence-electron chi connectivity index (χ1n) is 7.76. The molecule has 4 heteroatoms. The summed E-state index contributed by atoms with van der Waals surface area (Å²) < 4.78 is 13.4. The lowest BCUT2D eigenvalue weighted by molar-refractivity contribution is -0.120. The van der Waals surface area contributed by atoms with Gasteiger partial charge < -0.3 is 5.32 Å². The number of benzene rings is 2. The fourth-order valence-corrected chi connectivity index (χ4v) is 3.14. The van der Waals surface area contributed by atoms with Gasteiger partial charge in [-0.15, -0.1) is 11.8 Å². The van der Waals surface area contributed by atoms with Crippen molar-refractivity contribution in [1.29, 1.82) is 0 Å². The highest BCUT2D eigenvalue weighted by Gasteiger charge is 2.04. The Labute approximate surface area is 141 Å². The van der Waals surface area contributed by atoms with Gasteiger partial charge in [0.1, 0.15) is 5.82 Å². The predicted molar refractivity (Wildman–Crippen MR) is 94.4 cm³/mol. The molecule has 0 bridgehead atoms. The third kappa shape index (κ3) is 5.71. The number of carbonyl (C=O) groups excluding carboxylic acids is 1. The fraction of sp³-hybridized carbons (Fsp3) is 0.316. The quantitative estimate of drug-likeness (QED) is 0.767. The molecule has 2 aromatic rings. The molecular weight excluding hydrogens is 309 g/mol. The predicted octanol–water partition coefficient (Wildman–Crippen LogP) is 4.28. The van der Waals surface area contributed by atoms with Crippen molar-refractivity contribution in [1.82, 2.24) is 5.32 Å². The standard InChI is InChI=1S/C19H22FNOS/c1-14-7-8-17(13-15(14)2)23-12-10-19(22)21-11-9-16-5-3-4-6-18(16)20/h3-8,13H,9-12H2,1-2H3,(H,21,22). The SMILES string of the molecule is Cc1ccc(SCCC(=O)NCCc2ccccc2F)cc1C. The first kappa shape index (κ1) is 17.5. The van der Waals surface area contributed by atoms with Gasteiger partial charge in [0.2, 0.25) is 5.91 Å². The van der Waals surface area contributed by atoms with Crippen molar-refractivity contribution < 1.29 is 9.18 Å². The van der Waals surface area contributed by atoms with Gasteiger partial charge in [-0.3, -0.25) is 4.79 Å². The molecule has 2 nitrogen and oxygen atoms in total. The monoisotopic (exact) mass is 331 g/mol. The largest absolute Gasteiger partial charge is 0.356 e. The highest BCUT2D eigenvalue weighted by Crippen LogP contribution is 2.21. The third-order valence-electron chi connectivity index (χ3n) is 3.75. The van der Waals surface area contributed by atoms with E-state index in [1.54, 1.807) is 30.0 Å². The van der Waals surface area contributed by atoms with Crippen LogP contribution < -0.4 is 5.32 Å². The van der Waals surface area contributed by atoms with E-state index in [2.05, 4.69) is 37.4 Å². The lowest BCUT2D eigenvalue weighted by Gasteiger charge is -2.07. The minimum atomic E-state index is -0.216. The Kier molecular flexibility index (Phi) is 6.66. The average Bonchev–Trinajstić information content (AvgIpc) is 2.53. The summed E-state index contributed by atoms with van der Waals surface area (Å²) in [5, 5.41) is 2.85. The van der Waals surface area contributed by atoms with Gasteiger partial charge in [0.15, 0.2) is 0 Å². The molecule has 2 rings (SSSR count). The summed E-state index contributed by atoms with van der Waals surface area (Å²) in [4.78, 5) is 13.0. The summed E-state index contributed by atoms with van der Waals surface area (Å²) in [6.07, 6.45) is 0.984. The maximum absolute atomic E-state index is 13.4. The highest BCUT2D eigenvalue weighted by molar-refractivity contribution is 7.99. The number of hydrogen-bond acceptors (Lipinski definition) is 2. The molecule has 0 heterocycles. The lowest BCUT2D eigenvalue weighted by Crippen LogP contribution is -2.26. The van der Waals surface area contributed by atoms with E-state index in [1.165, 1.54) is 22.1 Å². The number of aryl methyl sites for hydroxylation is 2. The van der Waals surface area contributed by atoms with Gasteiger partial charge in [-0.25, -0.2) is 4.39 Å². The van der Waals surface area contributed by atoms with E-state index in [-0.39, 0.29) is 11.7 Å². The molecule has 2 aromatic carbocycles. The number of nitrogens with one attached hydrogen (secondary N) is 1. The van der Waals surface area contributed by atoms with Crippen LogP contribution in [-0.2, 0) is 11.2 Å². The second-order valence-electron chi connectivity index (χ2n) is 5.54. The Morgan fingerprint density at radius 3 is 2.65 bits per heavy atom. The zero-order valence-electron chi connectivity index (χ0n) is 13.6. The minimum Gasteiger partial charge on any atom is -0.356 e. The smallest absolute Gasteiger partial charge is 0.220 e. The molecule has 0 atom stereocenters. The maximum atomic E-state index is 13.4. The van der Waals surface area contributed by atoms with Crippen molar-refractivity contribution in [2.45, 2.75) is 31.6 Å². The topological polar surface area (TPSA) is 29.1 Å². The summed E-state index contributed by atoms with van der Waals surface area (Å²) in [5.41, 5.74) is 3.18. The van der Waals surface area contributed by atoms with Gasteiger partial charge >= 0.3 is 0 Å². The van der Waals surface area contributed by atoms with Gasteiger partial charge in [0.05, 0.1) is 0 Å². The number of amides is 1. The molecule has 0 aromatic heterocycles. The molecule has 1 amide bonds.